The average Bonchev–Trinajstić information content (AvgIpc) is 2.48. The van der Waals surface area contributed by atoms with Crippen molar-refractivity contribution in [2.45, 2.75) is 38.6 Å². The van der Waals surface area contributed by atoms with E-state index in [9.17, 15) is 0 Å². The Hall–Kier alpha value is -1.67. The van der Waals surface area contributed by atoms with Gasteiger partial charge in [-0.05, 0) is 25.8 Å². The molecule has 19 heavy (non-hydrogen) atoms. The fourth-order valence-electron chi connectivity index (χ4n) is 2.68. The zero-order chi connectivity index (χ0) is 13.5. The molecule has 2 rings (SSSR count). The van der Waals surface area contributed by atoms with Gasteiger partial charge in [0.2, 0.25) is 0 Å². The van der Waals surface area contributed by atoms with Crippen molar-refractivity contribution in [3.8, 4) is 6.07 Å². The molecule has 1 saturated heterocycles. The van der Waals surface area contributed by atoms with E-state index in [-0.39, 0.29) is 0 Å². The molecule has 1 aromatic rings. The number of nitriles is 1. The fourth-order valence-corrected chi connectivity index (χ4v) is 2.68. The lowest BCUT2D eigenvalue weighted by molar-refractivity contribution is 0.150. The van der Waals surface area contributed by atoms with Crippen LogP contribution in [0.1, 0.15) is 38.3 Å². The summed E-state index contributed by atoms with van der Waals surface area (Å²) in [5.41, 5.74) is 0.369. The van der Waals surface area contributed by atoms with E-state index < -0.39 is 0 Å². The highest BCUT2D eigenvalue weighted by molar-refractivity contribution is 5.46. The van der Waals surface area contributed by atoms with Crippen LogP contribution in [0.15, 0.2) is 12.4 Å². The predicted octanol–water partition coefficient (Wildman–Crippen LogP) is 2.02. The Labute approximate surface area is 114 Å². The van der Waals surface area contributed by atoms with Gasteiger partial charge in [-0.3, -0.25) is 4.90 Å². The van der Waals surface area contributed by atoms with Gasteiger partial charge >= 0.3 is 0 Å². The average molecular weight is 259 g/mol. The summed E-state index contributed by atoms with van der Waals surface area (Å²) >= 11 is 0. The number of anilines is 1. The third-order valence-corrected chi connectivity index (χ3v) is 3.72. The van der Waals surface area contributed by atoms with Gasteiger partial charge in [-0.1, -0.05) is 13.3 Å². The second kappa shape index (κ2) is 7.05. The quantitative estimate of drug-likeness (QED) is 0.876. The molecule has 1 N–H and O–H groups in total. The molecule has 0 aliphatic carbocycles. The summed E-state index contributed by atoms with van der Waals surface area (Å²) in [4.78, 5) is 10.7. The van der Waals surface area contributed by atoms with Gasteiger partial charge in [0.25, 0.3) is 0 Å². The van der Waals surface area contributed by atoms with Gasteiger partial charge < -0.3 is 5.32 Å². The maximum absolute atomic E-state index is 8.94. The van der Waals surface area contributed by atoms with E-state index in [1.165, 1.54) is 32.2 Å². The number of nitrogens with zero attached hydrogens (tertiary/aromatic N) is 4. The van der Waals surface area contributed by atoms with Crippen LogP contribution in [0, 0.1) is 11.3 Å². The Kier molecular flexibility index (Phi) is 5.10. The lowest BCUT2D eigenvalue weighted by atomic mass is 10.0. The maximum atomic E-state index is 8.94. The zero-order valence-corrected chi connectivity index (χ0v) is 11.5. The Balaban J connectivity index is 1.84. The van der Waals surface area contributed by atoms with Crippen molar-refractivity contribution >= 4 is 5.82 Å². The first-order chi connectivity index (χ1) is 9.35. The van der Waals surface area contributed by atoms with E-state index in [4.69, 9.17) is 5.26 Å². The standard InChI is InChI=1S/C14H21N5/c1-2-12-5-3-4-9-19(12)10-8-18-14-13(11-15)16-6-7-17-14/h6-7,12H,2-5,8-10H2,1H3,(H,17,18). The number of aromatic nitrogens is 2. The van der Waals surface area contributed by atoms with Crippen LogP contribution >= 0.6 is 0 Å². The van der Waals surface area contributed by atoms with Gasteiger partial charge in [0, 0.05) is 31.5 Å². The predicted molar refractivity (Wildman–Crippen MR) is 74.7 cm³/mol. The van der Waals surface area contributed by atoms with Crippen LogP contribution in [-0.4, -0.2) is 40.5 Å². The highest BCUT2D eigenvalue weighted by Gasteiger charge is 2.19. The molecule has 0 saturated carbocycles. The SMILES string of the molecule is CCC1CCCCN1CCNc1nccnc1C#N. The van der Waals surface area contributed by atoms with Crippen molar-refractivity contribution in [3.63, 3.8) is 0 Å². The second-order valence-corrected chi connectivity index (χ2v) is 4.89. The minimum Gasteiger partial charge on any atom is -0.366 e. The molecule has 1 atom stereocenters. The molecule has 0 amide bonds. The summed E-state index contributed by atoms with van der Waals surface area (Å²) in [6.07, 6.45) is 8.33. The Bertz CT molecular complexity index is 440. The Morgan fingerprint density at radius 3 is 3.05 bits per heavy atom. The molecule has 1 unspecified atom stereocenters. The maximum Gasteiger partial charge on any atom is 0.182 e. The lowest BCUT2D eigenvalue weighted by Gasteiger charge is -2.35. The minimum absolute atomic E-state index is 0.369. The van der Waals surface area contributed by atoms with E-state index >= 15 is 0 Å². The Morgan fingerprint density at radius 2 is 2.26 bits per heavy atom. The van der Waals surface area contributed by atoms with Gasteiger partial charge in [0.1, 0.15) is 6.07 Å². The summed E-state index contributed by atoms with van der Waals surface area (Å²) in [6.45, 7) is 5.25. The number of hydrogen-bond acceptors (Lipinski definition) is 5. The number of piperidine rings is 1. The topological polar surface area (TPSA) is 64.8 Å². The fraction of sp³-hybridized carbons (Fsp3) is 0.643. The van der Waals surface area contributed by atoms with Crippen molar-refractivity contribution in [1.82, 2.24) is 14.9 Å². The van der Waals surface area contributed by atoms with Crippen molar-refractivity contribution in [2.75, 3.05) is 25.0 Å². The summed E-state index contributed by atoms with van der Waals surface area (Å²) in [6, 6.07) is 2.77. The number of rotatable bonds is 5. The normalized spacial score (nSPS) is 19.9. The first-order valence-electron chi connectivity index (χ1n) is 7.04. The Morgan fingerprint density at radius 1 is 1.42 bits per heavy atom. The second-order valence-electron chi connectivity index (χ2n) is 4.89. The highest BCUT2D eigenvalue weighted by atomic mass is 15.2. The molecule has 2 heterocycles. The molecule has 1 aliphatic heterocycles. The first kappa shape index (κ1) is 13.8. The van der Waals surface area contributed by atoms with Gasteiger partial charge in [-0.2, -0.15) is 5.26 Å². The van der Waals surface area contributed by atoms with Gasteiger partial charge in [0.05, 0.1) is 0 Å². The van der Waals surface area contributed by atoms with Crippen molar-refractivity contribution < 1.29 is 0 Å². The highest BCUT2D eigenvalue weighted by Crippen LogP contribution is 2.18. The summed E-state index contributed by atoms with van der Waals surface area (Å²) in [7, 11) is 0. The van der Waals surface area contributed by atoms with Gasteiger partial charge in [-0.15, -0.1) is 0 Å². The monoisotopic (exact) mass is 259 g/mol. The van der Waals surface area contributed by atoms with Crippen molar-refractivity contribution in [2.24, 2.45) is 0 Å². The van der Waals surface area contributed by atoms with E-state index in [0.717, 1.165) is 13.1 Å². The number of nitrogens with one attached hydrogen (secondary N) is 1. The lowest BCUT2D eigenvalue weighted by Crippen LogP contribution is -2.41. The van der Waals surface area contributed by atoms with Crippen molar-refractivity contribution in [1.29, 1.82) is 5.26 Å². The van der Waals surface area contributed by atoms with Crippen LogP contribution in [0.4, 0.5) is 5.82 Å². The number of likely N-dealkylation sites (tertiary alicyclic amines) is 1. The summed E-state index contributed by atoms with van der Waals surface area (Å²) < 4.78 is 0. The molecule has 102 valence electrons. The summed E-state index contributed by atoms with van der Waals surface area (Å²) in [5.74, 6) is 0.593. The van der Waals surface area contributed by atoms with E-state index in [2.05, 4.69) is 33.2 Å². The third kappa shape index (κ3) is 3.65. The molecular formula is C14H21N5. The van der Waals surface area contributed by atoms with E-state index in [1.807, 2.05) is 0 Å². The molecule has 5 nitrogen and oxygen atoms in total. The molecule has 1 aromatic heterocycles. The van der Waals surface area contributed by atoms with Gasteiger partial charge in [-0.25, -0.2) is 9.97 Å². The summed E-state index contributed by atoms with van der Waals surface area (Å²) in [5, 5.41) is 12.2. The molecule has 5 heteroatoms. The van der Waals surface area contributed by atoms with E-state index in [1.54, 1.807) is 12.4 Å². The molecular weight excluding hydrogens is 238 g/mol. The van der Waals surface area contributed by atoms with E-state index in [0.29, 0.717) is 17.6 Å². The van der Waals surface area contributed by atoms with Gasteiger partial charge in [0.15, 0.2) is 11.5 Å². The van der Waals surface area contributed by atoms with Crippen LogP contribution < -0.4 is 5.32 Å². The van der Waals surface area contributed by atoms with Crippen molar-refractivity contribution in [3.05, 3.63) is 18.1 Å². The third-order valence-electron chi connectivity index (χ3n) is 3.72. The number of hydrogen-bond donors (Lipinski definition) is 1. The molecule has 0 bridgehead atoms. The molecule has 1 fully saturated rings. The molecule has 0 spiro atoms. The smallest absolute Gasteiger partial charge is 0.182 e. The van der Waals surface area contributed by atoms with Crippen LogP contribution in [-0.2, 0) is 0 Å². The van der Waals surface area contributed by atoms with Crippen LogP contribution in [0.25, 0.3) is 0 Å². The molecule has 0 radical (unpaired) electrons. The molecule has 1 aliphatic rings. The van der Waals surface area contributed by atoms with Crippen LogP contribution in [0.5, 0.6) is 0 Å². The van der Waals surface area contributed by atoms with Crippen LogP contribution in [0.2, 0.25) is 0 Å². The zero-order valence-electron chi connectivity index (χ0n) is 11.5. The molecule has 0 aromatic carbocycles. The van der Waals surface area contributed by atoms with Crippen LogP contribution in [0.3, 0.4) is 0 Å². The largest absolute Gasteiger partial charge is 0.366 e. The minimum atomic E-state index is 0.369. The first-order valence-corrected chi connectivity index (χ1v) is 7.04.